The van der Waals surface area contributed by atoms with Gasteiger partial charge in [-0.3, -0.25) is 38.4 Å². The van der Waals surface area contributed by atoms with Crippen molar-refractivity contribution in [1.29, 1.82) is 5.41 Å². The van der Waals surface area contributed by atoms with Gasteiger partial charge in [-0.2, -0.15) is 0 Å². The maximum absolute atomic E-state index is 14.7. The van der Waals surface area contributed by atoms with E-state index in [1.54, 1.807) is 78.9 Å². The molecule has 9 aliphatic rings. The molecule has 4 aromatic carbocycles. The molecule has 4 aliphatic heterocycles. The fraction of sp³-hybridized carbons (Fsp3) is 0.420. The summed E-state index contributed by atoms with van der Waals surface area (Å²) in [5, 5.41) is 22.6. The number of hydrogen-bond donors (Lipinski definition) is 8. The average Bonchev–Trinajstić information content (AvgIpc) is 0.995. The second-order valence-electron chi connectivity index (χ2n) is 33.6. The highest BCUT2D eigenvalue weighted by atomic mass is 16.5. The Labute approximate surface area is 633 Å². The van der Waals surface area contributed by atoms with Crippen molar-refractivity contribution in [2.75, 3.05) is 47.7 Å². The Morgan fingerprint density at radius 3 is 1.09 bits per heavy atom. The fourth-order valence-electron chi connectivity index (χ4n) is 13.6. The lowest BCUT2D eigenvalue weighted by atomic mass is 9.78. The minimum atomic E-state index is -0.814. The molecule has 4 saturated carbocycles. The van der Waals surface area contributed by atoms with Crippen LogP contribution in [0.5, 0.6) is 0 Å². The van der Waals surface area contributed by atoms with Crippen LogP contribution in [0.4, 0.5) is 22.7 Å². The molecule has 0 saturated heterocycles. The molecule has 20 heteroatoms. The van der Waals surface area contributed by atoms with Gasteiger partial charge in [-0.1, -0.05) is 174 Å². The van der Waals surface area contributed by atoms with Gasteiger partial charge in [0.1, 0.15) is 0 Å². The van der Waals surface area contributed by atoms with Gasteiger partial charge < -0.3 is 62.8 Å². The summed E-state index contributed by atoms with van der Waals surface area (Å²) in [5.41, 5.74) is 30.2. The minimum absolute atomic E-state index is 0.0150. The third kappa shape index (κ3) is 19.0. The molecule has 11 N–H and O–H groups in total. The van der Waals surface area contributed by atoms with E-state index in [0.29, 0.717) is 31.3 Å². The van der Waals surface area contributed by atoms with E-state index < -0.39 is 94.8 Å². The van der Waals surface area contributed by atoms with E-state index in [0.717, 1.165) is 39.0 Å². The Balaban J connectivity index is 1.20. The molecule has 568 valence electrons. The number of hydrogen-bond acceptors (Lipinski definition) is 16. The molecule has 4 bridgehead atoms. The molecule has 4 fully saturated rings. The molecule has 0 spiro atoms. The largest absolute Gasteiger partial charge is 0.465 e. The van der Waals surface area contributed by atoms with Crippen molar-refractivity contribution >= 4 is 98.3 Å². The Morgan fingerprint density at radius 2 is 0.722 bits per heavy atom. The standard InChI is InChI=1S/C88H104N8O12/c1-85(2,3)53-39-51(40-54(43-53)86(4,5)6)49-23-17-27-65(89)73-67(91)29-19-25-50(52-41-55(87(7,8)9)44-56(42-52)88(10,11)12)26-20-30-68(92)74(66(90)28-18-24-49)76-70-32-22-34-72(76)96-80(100)60-48-64(60)84(104)108-38-16-15-37-107-83(103)63-47-59(63)79(99)95-71-33-21-31-69(75(71)73)93-77(97)57-45-61(57)81(101)105-35-13-14-36-106-82(102)62-46-58(62)78(98)94-70/h17-25,27-34,39-44,57-64,89H,13-16,26,35-38,45-48,90-92H2,1-12H3,(H,93,97)(H,94,98)(H,95,99)(H,96,100)/b24-18+,27-17-,29-19-,30-20-,49-23-,50-25-,66-28-,73-67+,74-68-,89-65?. The summed E-state index contributed by atoms with van der Waals surface area (Å²) in [7, 11) is 0. The smallest absolute Gasteiger partial charge is 0.309 e. The molecular formula is C88H104N8O12. The van der Waals surface area contributed by atoms with Crippen molar-refractivity contribution in [1.82, 2.24) is 0 Å². The number of allylic oxidation sites excluding steroid dienone is 15. The highest BCUT2D eigenvalue weighted by Crippen LogP contribution is 2.48. The third-order valence-corrected chi connectivity index (χ3v) is 20.9. The quantitative estimate of drug-likeness (QED) is 0.0683. The van der Waals surface area contributed by atoms with E-state index in [2.05, 4.69) is 141 Å². The Morgan fingerprint density at radius 1 is 0.389 bits per heavy atom. The zero-order valence-corrected chi connectivity index (χ0v) is 64.2. The minimum Gasteiger partial charge on any atom is -0.465 e. The molecule has 0 aromatic heterocycles. The lowest BCUT2D eigenvalue weighted by molar-refractivity contribution is -0.148. The summed E-state index contributed by atoms with van der Waals surface area (Å²) in [6, 6.07) is 22.9. The number of fused-ring (bicyclic) bond motifs is 18. The highest BCUT2D eigenvalue weighted by Gasteiger charge is 2.53. The number of nitrogens with one attached hydrogen (secondary N) is 5. The van der Waals surface area contributed by atoms with E-state index in [-0.39, 0.29) is 148 Å². The summed E-state index contributed by atoms with van der Waals surface area (Å²) in [5.74, 6) is -10.7. The van der Waals surface area contributed by atoms with Crippen LogP contribution in [0.1, 0.15) is 185 Å². The van der Waals surface area contributed by atoms with E-state index in [9.17, 15) is 43.8 Å². The van der Waals surface area contributed by atoms with Crippen LogP contribution in [0.2, 0.25) is 0 Å². The molecule has 5 aliphatic carbocycles. The molecule has 4 amide bonds. The van der Waals surface area contributed by atoms with Crippen LogP contribution >= 0.6 is 0 Å². The van der Waals surface area contributed by atoms with Crippen molar-refractivity contribution < 1.29 is 57.3 Å². The van der Waals surface area contributed by atoms with E-state index >= 15 is 0 Å². The second kappa shape index (κ2) is 32.1. The van der Waals surface area contributed by atoms with Gasteiger partial charge >= 0.3 is 23.9 Å². The molecular weight excluding hydrogens is 1360 g/mol. The number of rotatable bonds is 2. The second-order valence-corrected chi connectivity index (χ2v) is 33.6. The maximum Gasteiger partial charge on any atom is 0.309 e. The maximum atomic E-state index is 14.7. The molecule has 8 atom stereocenters. The number of benzene rings is 4. The summed E-state index contributed by atoms with van der Waals surface area (Å²) in [6.45, 7) is 25.7. The Kier molecular flexibility index (Phi) is 23.3. The SMILES string of the molecule is CC(C)(C)c1cc(C2=C\C=C/C(=N)/C3=C(N)/C=C\C=C(/c4cc(C(C)(C)C)cc(C(C)(C)C)c4)C\C=C/C(N)=C(\C(N)=C\C=C\2)c2c4cccc2NC(=O)C2CC2C(=O)OCCCCOC(=O)C2CC2C(=O)Nc2cccc(c23)NC(=O)C2CC2C(=O)OCCCCOC(=O)C2CC2C(=O)N4)cc(C(C)(C)C)c1. The fourth-order valence-corrected chi connectivity index (χ4v) is 13.6. The van der Waals surface area contributed by atoms with Gasteiger partial charge in [-0.05, 0) is 173 Å². The van der Waals surface area contributed by atoms with Gasteiger partial charge in [0.15, 0.2) is 0 Å². The highest BCUT2D eigenvalue weighted by molar-refractivity contribution is 6.32. The van der Waals surface area contributed by atoms with Crippen LogP contribution in [0.15, 0.2) is 157 Å². The number of ether oxygens (including phenoxy) is 4. The predicted octanol–water partition coefficient (Wildman–Crippen LogP) is 14.6. The number of anilines is 4. The normalized spacial score (nSPS) is 28.2. The number of nitrogens with two attached hydrogens (primary N) is 3. The van der Waals surface area contributed by atoms with Crippen LogP contribution in [0.3, 0.4) is 0 Å². The zero-order valence-electron chi connectivity index (χ0n) is 64.2. The van der Waals surface area contributed by atoms with Crippen molar-refractivity contribution in [3.8, 4) is 0 Å². The molecule has 0 radical (unpaired) electrons. The molecule has 13 rings (SSSR count). The monoisotopic (exact) mass is 1460 g/mol. The van der Waals surface area contributed by atoms with Gasteiger partial charge in [0.25, 0.3) is 0 Å². The average molecular weight is 1470 g/mol. The van der Waals surface area contributed by atoms with Gasteiger partial charge in [-0.15, -0.1) is 0 Å². The van der Waals surface area contributed by atoms with Crippen LogP contribution in [-0.4, -0.2) is 79.6 Å². The molecule has 4 heterocycles. The number of amides is 4. The van der Waals surface area contributed by atoms with Crippen molar-refractivity contribution in [3.63, 3.8) is 0 Å². The van der Waals surface area contributed by atoms with Crippen LogP contribution in [-0.2, 0) is 79.0 Å². The first-order chi connectivity index (χ1) is 51.0. The van der Waals surface area contributed by atoms with Gasteiger partial charge in [0.2, 0.25) is 23.6 Å². The van der Waals surface area contributed by atoms with Crippen molar-refractivity contribution in [2.24, 2.45) is 64.5 Å². The summed E-state index contributed by atoms with van der Waals surface area (Å²) in [6.07, 6.45) is 21.7. The van der Waals surface area contributed by atoms with Crippen molar-refractivity contribution in [2.45, 2.75) is 163 Å². The predicted molar refractivity (Wildman–Crippen MR) is 423 cm³/mol. The van der Waals surface area contributed by atoms with E-state index in [1.165, 1.54) is 0 Å². The van der Waals surface area contributed by atoms with Crippen LogP contribution < -0.4 is 38.5 Å². The first-order valence-electron chi connectivity index (χ1n) is 37.7. The topological polar surface area (TPSA) is 324 Å². The lowest BCUT2D eigenvalue weighted by Gasteiger charge is -2.26. The Bertz CT molecular complexity index is 4410. The van der Waals surface area contributed by atoms with Gasteiger partial charge in [-0.25, -0.2) is 0 Å². The number of esters is 4. The molecule has 4 aromatic rings. The number of carbonyl (C=O) groups excluding carboxylic acids is 8. The summed E-state index contributed by atoms with van der Waals surface area (Å²) < 4.78 is 22.7. The first-order valence-corrected chi connectivity index (χ1v) is 37.7. The molecule has 20 nitrogen and oxygen atoms in total. The first kappa shape index (κ1) is 78.4. The van der Waals surface area contributed by atoms with Crippen LogP contribution in [0, 0.1) is 52.8 Å². The van der Waals surface area contributed by atoms with Crippen molar-refractivity contribution in [3.05, 3.63) is 201 Å². The van der Waals surface area contributed by atoms with E-state index in [4.69, 9.17) is 36.1 Å². The van der Waals surface area contributed by atoms with E-state index in [1.807, 2.05) is 24.3 Å². The Hall–Kier alpha value is -10.6. The van der Waals surface area contributed by atoms with Crippen LogP contribution in [0.25, 0.3) is 22.3 Å². The molecule has 108 heavy (non-hydrogen) atoms. The van der Waals surface area contributed by atoms with Gasteiger partial charge in [0, 0.05) is 39.4 Å². The van der Waals surface area contributed by atoms with Gasteiger partial charge in [0.05, 0.1) is 102 Å². The zero-order chi connectivity index (χ0) is 77.9. The third-order valence-electron chi connectivity index (χ3n) is 20.9. The number of carbonyl (C=O) groups is 8. The summed E-state index contributed by atoms with van der Waals surface area (Å²) in [4.78, 5) is 114. The summed E-state index contributed by atoms with van der Waals surface area (Å²) >= 11 is 0. The molecule has 8 unspecified atom stereocenters. The lowest BCUT2D eigenvalue weighted by Crippen LogP contribution is -2.22.